The Hall–Kier alpha value is 0.380. The molecule has 0 saturated heterocycles. The first kappa shape index (κ1) is 12.8. The number of hydrogen-bond acceptors (Lipinski definition) is 3. The van der Waals surface area contributed by atoms with Crippen molar-refractivity contribution < 1.29 is 8.42 Å². The smallest absolute Gasteiger partial charge is 0.210 e. The Bertz CT molecular complexity index is 481. The molecule has 1 aromatic rings. The lowest BCUT2D eigenvalue weighted by Crippen LogP contribution is -2.30. The quantitative estimate of drug-likeness (QED) is 0.835. The zero-order valence-corrected chi connectivity index (χ0v) is 12.3. The van der Waals surface area contributed by atoms with Gasteiger partial charge in [-0.25, -0.2) is 13.1 Å². The molecule has 90 valence electrons. The zero-order chi connectivity index (χ0) is 11.8. The Morgan fingerprint density at radius 3 is 2.62 bits per heavy atom. The van der Waals surface area contributed by atoms with Gasteiger partial charge in [0.2, 0.25) is 10.0 Å². The van der Waals surface area contributed by atoms with E-state index in [-0.39, 0.29) is 9.62 Å². The number of thiophene rings is 1. The molecule has 0 amide bonds. The molecular formula is C9H11BrClNO2S2. The highest BCUT2D eigenvalue weighted by molar-refractivity contribution is 9.09. The number of alkyl halides is 1. The minimum absolute atomic E-state index is 0.133. The first-order valence-electron chi connectivity index (χ1n) is 4.78. The maximum atomic E-state index is 11.9. The maximum absolute atomic E-state index is 11.9. The van der Waals surface area contributed by atoms with E-state index in [4.69, 9.17) is 11.6 Å². The van der Waals surface area contributed by atoms with E-state index in [1.54, 1.807) is 6.07 Å². The first-order valence-corrected chi connectivity index (χ1v) is 8.58. The van der Waals surface area contributed by atoms with Gasteiger partial charge in [0.05, 0.1) is 4.34 Å². The summed E-state index contributed by atoms with van der Waals surface area (Å²) in [7, 11) is -3.38. The van der Waals surface area contributed by atoms with E-state index in [1.165, 1.54) is 6.07 Å². The summed E-state index contributed by atoms with van der Waals surface area (Å²) in [5, 5.41) is 0.841. The molecule has 0 aromatic carbocycles. The molecular weight excluding hydrogens is 334 g/mol. The minimum Gasteiger partial charge on any atom is -0.210 e. The molecule has 1 saturated carbocycles. The fraction of sp³-hybridized carbons (Fsp3) is 0.556. The number of nitrogens with one attached hydrogen (secondary N) is 1. The molecule has 16 heavy (non-hydrogen) atoms. The lowest BCUT2D eigenvalue weighted by Gasteiger charge is -2.11. The summed E-state index contributed by atoms with van der Waals surface area (Å²) in [6.45, 7) is 0.496. The Morgan fingerprint density at radius 2 is 2.19 bits per heavy atom. The molecule has 1 N–H and O–H groups in total. The van der Waals surface area contributed by atoms with Crippen LogP contribution in [0.25, 0.3) is 0 Å². The van der Waals surface area contributed by atoms with E-state index in [1.807, 2.05) is 0 Å². The summed E-state index contributed by atoms with van der Waals surface area (Å²) < 4.78 is 27.1. The molecule has 1 fully saturated rings. The molecule has 0 atom stereocenters. The average molecular weight is 345 g/mol. The van der Waals surface area contributed by atoms with E-state index in [0.29, 0.717) is 10.9 Å². The predicted molar refractivity (Wildman–Crippen MR) is 70.0 cm³/mol. The van der Waals surface area contributed by atoms with Crippen LogP contribution in [0.15, 0.2) is 16.3 Å². The van der Waals surface area contributed by atoms with Crippen molar-refractivity contribution in [2.75, 3.05) is 11.9 Å². The largest absolute Gasteiger partial charge is 0.250 e. The molecule has 0 bridgehead atoms. The minimum atomic E-state index is -3.38. The molecule has 0 radical (unpaired) electrons. The fourth-order valence-corrected chi connectivity index (χ4v) is 4.74. The second-order valence-electron chi connectivity index (χ2n) is 4.02. The van der Waals surface area contributed by atoms with Crippen LogP contribution < -0.4 is 4.72 Å². The summed E-state index contributed by atoms with van der Waals surface area (Å²) in [5.74, 6) is 0. The normalized spacial score (nSPS) is 18.6. The average Bonchev–Trinajstić information content (AvgIpc) is 2.91. The van der Waals surface area contributed by atoms with Crippen LogP contribution in [0, 0.1) is 5.41 Å². The lowest BCUT2D eigenvalue weighted by atomic mass is 10.1. The number of halogens is 2. The highest BCUT2D eigenvalue weighted by Crippen LogP contribution is 2.46. The van der Waals surface area contributed by atoms with Crippen molar-refractivity contribution in [1.82, 2.24) is 4.72 Å². The molecule has 3 nitrogen and oxygen atoms in total. The van der Waals surface area contributed by atoms with Crippen molar-refractivity contribution in [1.29, 1.82) is 0 Å². The third-order valence-corrected chi connectivity index (χ3v) is 7.00. The first-order chi connectivity index (χ1) is 7.47. The lowest BCUT2D eigenvalue weighted by molar-refractivity contribution is 0.539. The maximum Gasteiger partial charge on any atom is 0.250 e. The van der Waals surface area contributed by atoms with Gasteiger partial charge in [-0.3, -0.25) is 0 Å². The van der Waals surface area contributed by atoms with E-state index in [0.717, 1.165) is 29.5 Å². The van der Waals surface area contributed by atoms with Crippen LogP contribution in [0.1, 0.15) is 12.8 Å². The highest BCUT2D eigenvalue weighted by atomic mass is 79.9. The van der Waals surface area contributed by atoms with Gasteiger partial charge in [0.1, 0.15) is 4.21 Å². The van der Waals surface area contributed by atoms with Gasteiger partial charge < -0.3 is 0 Å². The molecule has 1 aliphatic carbocycles. The SMILES string of the molecule is O=S(=O)(NCC1(CBr)CC1)c1ccc(Cl)s1. The summed E-state index contributed by atoms with van der Waals surface area (Å²) in [6.07, 6.45) is 2.15. The van der Waals surface area contributed by atoms with E-state index >= 15 is 0 Å². The highest BCUT2D eigenvalue weighted by Gasteiger charge is 2.42. The number of sulfonamides is 1. The summed E-state index contributed by atoms with van der Waals surface area (Å²) in [6, 6.07) is 3.13. The van der Waals surface area contributed by atoms with Gasteiger partial charge in [-0.2, -0.15) is 0 Å². The van der Waals surface area contributed by atoms with Gasteiger partial charge in [-0.15, -0.1) is 11.3 Å². The topological polar surface area (TPSA) is 46.2 Å². The van der Waals surface area contributed by atoms with Crippen LogP contribution in [0.5, 0.6) is 0 Å². The number of rotatable bonds is 5. The second-order valence-corrected chi connectivity index (χ2v) is 8.29. The third kappa shape index (κ3) is 2.79. The standard InChI is InChI=1S/C9H11BrClNO2S2/c10-5-9(3-4-9)6-12-16(13,14)8-2-1-7(11)15-8/h1-2,12H,3-6H2. The van der Waals surface area contributed by atoms with Crippen LogP contribution in [0.3, 0.4) is 0 Å². The Morgan fingerprint density at radius 1 is 1.50 bits per heavy atom. The van der Waals surface area contributed by atoms with Crippen LogP contribution in [-0.2, 0) is 10.0 Å². The Balaban J connectivity index is 2.04. The van der Waals surface area contributed by atoms with Crippen molar-refractivity contribution in [2.24, 2.45) is 5.41 Å². The molecule has 1 aromatic heterocycles. The molecule has 2 rings (SSSR count). The van der Waals surface area contributed by atoms with Crippen LogP contribution in [0.4, 0.5) is 0 Å². The van der Waals surface area contributed by atoms with Gasteiger partial charge in [-0.05, 0) is 30.4 Å². The van der Waals surface area contributed by atoms with E-state index in [2.05, 4.69) is 20.7 Å². The van der Waals surface area contributed by atoms with E-state index < -0.39 is 10.0 Å². The predicted octanol–water partition coefficient (Wildman–Crippen LogP) is 2.85. The second kappa shape index (κ2) is 4.57. The van der Waals surface area contributed by atoms with Crippen molar-refractivity contribution in [3.8, 4) is 0 Å². The summed E-state index contributed by atoms with van der Waals surface area (Å²) >= 11 is 10.2. The van der Waals surface area contributed by atoms with Gasteiger partial charge in [-0.1, -0.05) is 27.5 Å². The van der Waals surface area contributed by atoms with Crippen molar-refractivity contribution in [3.05, 3.63) is 16.5 Å². The van der Waals surface area contributed by atoms with Crippen LogP contribution in [0.2, 0.25) is 4.34 Å². The number of hydrogen-bond donors (Lipinski definition) is 1. The molecule has 0 unspecified atom stereocenters. The molecule has 7 heteroatoms. The third-order valence-electron chi connectivity index (χ3n) is 2.69. The fourth-order valence-electron chi connectivity index (χ4n) is 1.30. The van der Waals surface area contributed by atoms with Crippen molar-refractivity contribution in [2.45, 2.75) is 17.1 Å². The van der Waals surface area contributed by atoms with Crippen LogP contribution >= 0.6 is 38.9 Å². The molecule has 0 spiro atoms. The molecule has 1 aliphatic rings. The monoisotopic (exact) mass is 343 g/mol. The molecule has 0 aliphatic heterocycles. The summed E-state index contributed by atoms with van der Waals surface area (Å²) in [5.41, 5.74) is 0.133. The van der Waals surface area contributed by atoms with E-state index in [9.17, 15) is 8.42 Å². The van der Waals surface area contributed by atoms with Gasteiger partial charge in [0.15, 0.2) is 0 Å². The zero-order valence-electron chi connectivity index (χ0n) is 8.37. The van der Waals surface area contributed by atoms with Crippen molar-refractivity contribution >= 4 is 48.9 Å². The van der Waals surface area contributed by atoms with Crippen LogP contribution in [-0.4, -0.2) is 20.3 Å². The molecule has 1 heterocycles. The summed E-state index contributed by atoms with van der Waals surface area (Å²) in [4.78, 5) is 0. The van der Waals surface area contributed by atoms with Gasteiger partial charge in [0.25, 0.3) is 0 Å². The van der Waals surface area contributed by atoms with Gasteiger partial charge >= 0.3 is 0 Å². The van der Waals surface area contributed by atoms with Gasteiger partial charge in [0, 0.05) is 11.9 Å². The Labute approximate surface area is 112 Å². The van der Waals surface area contributed by atoms with Crippen molar-refractivity contribution in [3.63, 3.8) is 0 Å². The Kier molecular flexibility index (Phi) is 3.66.